The highest BCUT2D eigenvalue weighted by molar-refractivity contribution is 7.99. The van der Waals surface area contributed by atoms with E-state index in [2.05, 4.69) is 5.32 Å². The van der Waals surface area contributed by atoms with Gasteiger partial charge < -0.3 is 5.32 Å². The predicted octanol–water partition coefficient (Wildman–Crippen LogP) is 3.37. The van der Waals surface area contributed by atoms with E-state index < -0.39 is 5.38 Å². The largest absolute Gasteiger partial charge is 0.353 e. The molecule has 1 aliphatic rings. The Balaban J connectivity index is 1.80. The lowest BCUT2D eigenvalue weighted by atomic mass is 10.1. The second kappa shape index (κ2) is 7.05. The maximum absolute atomic E-state index is 11.9. The fraction of sp³-hybridized carbons (Fsp3) is 0.500. The number of hydrogen-bond donors (Lipinski definition) is 1. The van der Waals surface area contributed by atoms with Gasteiger partial charge in [-0.25, -0.2) is 0 Å². The van der Waals surface area contributed by atoms with Gasteiger partial charge >= 0.3 is 0 Å². The van der Waals surface area contributed by atoms with Gasteiger partial charge in [-0.05, 0) is 24.2 Å². The molecule has 1 aromatic carbocycles. The number of rotatable bonds is 4. The van der Waals surface area contributed by atoms with Crippen LogP contribution in [-0.2, 0) is 4.79 Å². The van der Waals surface area contributed by atoms with E-state index in [0.29, 0.717) is 5.25 Å². The van der Waals surface area contributed by atoms with Crippen molar-refractivity contribution in [2.24, 2.45) is 0 Å². The molecule has 1 aliphatic heterocycles. The third kappa shape index (κ3) is 3.92. The molecule has 4 heteroatoms. The van der Waals surface area contributed by atoms with Gasteiger partial charge in [0.05, 0.1) is 0 Å². The average molecular weight is 284 g/mol. The first-order valence-electron chi connectivity index (χ1n) is 6.35. The Kier molecular flexibility index (Phi) is 5.39. The average Bonchev–Trinajstić information content (AvgIpc) is 2.46. The number of halogens is 1. The monoisotopic (exact) mass is 283 g/mol. The van der Waals surface area contributed by atoms with Crippen LogP contribution in [0.4, 0.5) is 0 Å². The first kappa shape index (κ1) is 13.8. The van der Waals surface area contributed by atoms with Crippen molar-refractivity contribution in [3.05, 3.63) is 35.9 Å². The number of thioether (sulfide) groups is 1. The van der Waals surface area contributed by atoms with Crippen molar-refractivity contribution in [2.75, 3.05) is 12.3 Å². The lowest BCUT2D eigenvalue weighted by Crippen LogP contribution is -2.33. The summed E-state index contributed by atoms with van der Waals surface area (Å²) in [5.74, 6) is 1.12. The molecule has 2 nitrogen and oxygen atoms in total. The van der Waals surface area contributed by atoms with Crippen molar-refractivity contribution in [3.8, 4) is 0 Å². The molecular weight excluding hydrogens is 266 g/mol. The van der Waals surface area contributed by atoms with E-state index in [-0.39, 0.29) is 5.91 Å². The lowest BCUT2D eigenvalue weighted by molar-refractivity contribution is -0.120. The van der Waals surface area contributed by atoms with Crippen molar-refractivity contribution in [2.45, 2.75) is 29.9 Å². The molecule has 1 amide bonds. The van der Waals surface area contributed by atoms with Crippen LogP contribution in [-0.4, -0.2) is 23.5 Å². The summed E-state index contributed by atoms with van der Waals surface area (Å²) in [4.78, 5) is 11.9. The van der Waals surface area contributed by atoms with Crippen molar-refractivity contribution in [1.82, 2.24) is 5.32 Å². The molecule has 18 heavy (non-hydrogen) atoms. The molecule has 0 aromatic heterocycles. The van der Waals surface area contributed by atoms with Crippen molar-refractivity contribution in [1.29, 1.82) is 0 Å². The Morgan fingerprint density at radius 1 is 1.39 bits per heavy atom. The van der Waals surface area contributed by atoms with Crippen LogP contribution in [0.25, 0.3) is 0 Å². The van der Waals surface area contributed by atoms with Crippen molar-refractivity contribution in [3.63, 3.8) is 0 Å². The molecule has 1 fully saturated rings. The lowest BCUT2D eigenvalue weighted by Gasteiger charge is -2.22. The van der Waals surface area contributed by atoms with Gasteiger partial charge in [0.1, 0.15) is 5.38 Å². The van der Waals surface area contributed by atoms with Crippen LogP contribution in [0.15, 0.2) is 30.3 Å². The Labute approximate surface area is 117 Å². The van der Waals surface area contributed by atoms with E-state index in [9.17, 15) is 4.79 Å². The van der Waals surface area contributed by atoms with Gasteiger partial charge in [0, 0.05) is 11.8 Å². The minimum atomic E-state index is -0.584. The van der Waals surface area contributed by atoms with Crippen LogP contribution in [0.1, 0.15) is 30.2 Å². The zero-order valence-electron chi connectivity index (χ0n) is 10.3. The summed E-state index contributed by atoms with van der Waals surface area (Å²) in [6, 6.07) is 9.48. The smallest absolute Gasteiger partial charge is 0.242 e. The number of alkyl halides is 1. The van der Waals surface area contributed by atoms with E-state index >= 15 is 0 Å². The molecular formula is C14H18ClNOS. The number of nitrogens with one attached hydrogen (secondary N) is 1. The zero-order valence-corrected chi connectivity index (χ0v) is 11.8. The molecule has 1 heterocycles. The fourth-order valence-corrected chi connectivity index (χ4v) is 3.51. The number of carbonyl (C=O) groups is 1. The summed E-state index contributed by atoms with van der Waals surface area (Å²) >= 11 is 8.11. The molecule has 1 saturated heterocycles. The van der Waals surface area contributed by atoms with Crippen LogP contribution in [0.5, 0.6) is 0 Å². The topological polar surface area (TPSA) is 29.1 Å². The van der Waals surface area contributed by atoms with Gasteiger partial charge in [-0.2, -0.15) is 11.8 Å². The van der Waals surface area contributed by atoms with E-state index in [1.807, 2.05) is 42.1 Å². The van der Waals surface area contributed by atoms with Crippen LogP contribution in [0, 0.1) is 0 Å². The van der Waals surface area contributed by atoms with E-state index in [1.165, 1.54) is 25.0 Å². The Morgan fingerprint density at radius 3 is 2.83 bits per heavy atom. The van der Waals surface area contributed by atoms with Crippen LogP contribution < -0.4 is 5.32 Å². The normalized spacial score (nSPS) is 21.3. The summed E-state index contributed by atoms with van der Waals surface area (Å²) in [6.45, 7) is 0.736. The maximum atomic E-state index is 11.9. The Morgan fingerprint density at radius 2 is 2.17 bits per heavy atom. The third-order valence-electron chi connectivity index (χ3n) is 3.10. The summed E-state index contributed by atoms with van der Waals surface area (Å²) in [6.07, 6.45) is 3.77. The minimum Gasteiger partial charge on any atom is -0.353 e. The van der Waals surface area contributed by atoms with E-state index in [1.54, 1.807) is 0 Å². The number of hydrogen-bond acceptors (Lipinski definition) is 2. The molecule has 0 spiro atoms. The fourth-order valence-electron chi connectivity index (χ4n) is 2.05. The quantitative estimate of drug-likeness (QED) is 0.859. The summed E-state index contributed by atoms with van der Waals surface area (Å²) in [7, 11) is 0. The summed E-state index contributed by atoms with van der Waals surface area (Å²) in [5, 5.41) is 2.93. The highest BCUT2D eigenvalue weighted by atomic mass is 35.5. The summed E-state index contributed by atoms with van der Waals surface area (Å²) in [5.41, 5.74) is 0.855. The molecule has 0 radical (unpaired) electrons. The molecule has 2 atom stereocenters. The van der Waals surface area contributed by atoms with E-state index in [0.717, 1.165) is 12.1 Å². The number of carbonyl (C=O) groups excluding carboxylic acids is 1. The second-order valence-corrected chi connectivity index (χ2v) is 6.35. The van der Waals surface area contributed by atoms with Gasteiger partial charge in [-0.3, -0.25) is 4.79 Å². The van der Waals surface area contributed by atoms with Gasteiger partial charge in [-0.1, -0.05) is 36.8 Å². The van der Waals surface area contributed by atoms with Gasteiger partial charge in [0.25, 0.3) is 0 Å². The highest BCUT2D eigenvalue weighted by Gasteiger charge is 2.19. The van der Waals surface area contributed by atoms with Crippen LogP contribution >= 0.6 is 23.4 Å². The number of amides is 1. The van der Waals surface area contributed by atoms with Gasteiger partial charge in [-0.15, -0.1) is 11.6 Å². The molecule has 2 rings (SSSR count). The zero-order chi connectivity index (χ0) is 12.8. The van der Waals surface area contributed by atoms with Crippen molar-refractivity contribution >= 4 is 29.3 Å². The number of benzene rings is 1. The first-order chi connectivity index (χ1) is 8.77. The predicted molar refractivity (Wildman–Crippen MR) is 78.1 cm³/mol. The molecule has 98 valence electrons. The summed E-state index contributed by atoms with van der Waals surface area (Å²) < 4.78 is 0. The molecule has 0 saturated carbocycles. The van der Waals surface area contributed by atoms with Crippen LogP contribution in [0.3, 0.4) is 0 Å². The SMILES string of the molecule is O=C(NCC1CCCCS1)C(Cl)c1ccccc1. The molecule has 1 N–H and O–H groups in total. The minimum absolute atomic E-state index is 0.0889. The Hall–Kier alpha value is -0.670. The third-order valence-corrected chi connectivity index (χ3v) is 4.95. The molecule has 2 unspecified atom stereocenters. The van der Waals surface area contributed by atoms with Crippen LogP contribution in [0.2, 0.25) is 0 Å². The van der Waals surface area contributed by atoms with E-state index in [4.69, 9.17) is 11.6 Å². The Bertz CT molecular complexity index is 379. The molecule has 0 aliphatic carbocycles. The first-order valence-corrected chi connectivity index (χ1v) is 7.84. The highest BCUT2D eigenvalue weighted by Crippen LogP contribution is 2.25. The van der Waals surface area contributed by atoms with Gasteiger partial charge in [0.2, 0.25) is 5.91 Å². The maximum Gasteiger partial charge on any atom is 0.242 e. The second-order valence-electron chi connectivity index (χ2n) is 4.51. The standard InChI is InChI=1S/C14H18ClNOS/c15-13(11-6-2-1-3-7-11)14(17)16-10-12-8-4-5-9-18-12/h1-3,6-7,12-13H,4-5,8-10H2,(H,16,17). The van der Waals surface area contributed by atoms with Gasteiger partial charge in [0.15, 0.2) is 0 Å². The molecule has 0 bridgehead atoms. The van der Waals surface area contributed by atoms with Crippen molar-refractivity contribution < 1.29 is 4.79 Å². The molecule has 1 aromatic rings.